The zero-order valence-electron chi connectivity index (χ0n) is 15.6. The summed E-state index contributed by atoms with van der Waals surface area (Å²) in [6.07, 6.45) is 0.235. The number of sulfonamides is 1. The van der Waals surface area contributed by atoms with Crippen LogP contribution in [0.4, 0.5) is 0 Å². The van der Waals surface area contributed by atoms with Crippen LogP contribution in [0.25, 0.3) is 0 Å². The fraction of sp³-hybridized carbons (Fsp3) is 0.136. The quantitative estimate of drug-likeness (QED) is 0.576. The molecule has 5 nitrogen and oxygen atoms in total. The van der Waals surface area contributed by atoms with Gasteiger partial charge in [0.25, 0.3) is 0 Å². The van der Waals surface area contributed by atoms with E-state index in [9.17, 15) is 13.2 Å². The molecular weight excluding hydrogens is 408 g/mol. The Balaban J connectivity index is 1.76. The maximum Gasteiger partial charge on any atom is 0.241 e. The molecule has 2 N–H and O–H groups in total. The van der Waals surface area contributed by atoms with Gasteiger partial charge in [-0.25, -0.2) is 8.42 Å². The zero-order valence-corrected chi connectivity index (χ0v) is 17.2. The van der Waals surface area contributed by atoms with Crippen molar-refractivity contribution in [3.8, 4) is 0 Å². The Morgan fingerprint density at radius 1 is 0.828 bits per heavy atom. The number of rotatable bonds is 8. The summed E-state index contributed by atoms with van der Waals surface area (Å²) >= 11 is 5.88. The summed E-state index contributed by atoms with van der Waals surface area (Å²) in [7, 11) is -3.84. The van der Waals surface area contributed by atoms with Gasteiger partial charge >= 0.3 is 0 Å². The van der Waals surface area contributed by atoms with Gasteiger partial charge in [0.2, 0.25) is 15.9 Å². The third-order valence-corrected chi connectivity index (χ3v) is 6.07. The highest BCUT2D eigenvalue weighted by atomic mass is 35.5. The fourth-order valence-electron chi connectivity index (χ4n) is 2.81. The highest BCUT2D eigenvalue weighted by molar-refractivity contribution is 7.89. The van der Waals surface area contributed by atoms with Crippen molar-refractivity contribution in [2.24, 2.45) is 0 Å². The van der Waals surface area contributed by atoms with Crippen LogP contribution in [0.15, 0.2) is 89.8 Å². The highest BCUT2D eigenvalue weighted by Gasteiger charge is 2.25. The van der Waals surface area contributed by atoms with E-state index < -0.39 is 22.0 Å². The van der Waals surface area contributed by atoms with Gasteiger partial charge in [-0.1, -0.05) is 72.3 Å². The van der Waals surface area contributed by atoms with Gasteiger partial charge in [-0.2, -0.15) is 4.72 Å². The average Bonchev–Trinajstić information content (AvgIpc) is 2.74. The lowest BCUT2D eigenvalue weighted by molar-refractivity contribution is -0.122. The number of carbonyl (C=O) groups is 1. The minimum absolute atomic E-state index is 0.114. The molecule has 0 radical (unpaired) electrons. The van der Waals surface area contributed by atoms with Crippen molar-refractivity contribution in [3.63, 3.8) is 0 Å². The van der Waals surface area contributed by atoms with Gasteiger partial charge in [-0.15, -0.1) is 0 Å². The predicted molar refractivity (Wildman–Crippen MR) is 114 cm³/mol. The molecule has 0 saturated heterocycles. The number of amides is 1. The van der Waals surface area contributed by atoms with Crippen molar-refractivity contribution in [2.45, 2.75) is 23.9 Å². The molecule has 0 aromatic heterocycles. The summed E-state index contributed by atoms with van der Waals surface area (Å²) in [5, 5.41) is 3.41. The lowest BCUT2D eigenvalue weighted by Crippen LogP contribution is -2.47. The molecule has 29 heavy (non-hydrogen) atoms. The van der Waals surface area contributed by atoms with E-state index in [1.807, 2.05) is 42.5 Å². The van der Waals surface area contributed by atoms with E-state index in [1.165, 1.54) is 12.1 Å². The number of halogens is 1. The molecule has 3 rings (SSSR count). The standard InChI is InChI=1S/C22H21ClN2O3S/c23-19-13-11-18(12-14-19)16-24-22(26)21(15-17-7-3-1-4-8-17)25-29(27,28)20-9-5-2-6-10-20/h1-14,21,25H,15-16H2,(H,24,26)/t21-/m1/s1. The summed E-state index contributed by atoms with van der Waals surface area (Å²) < 4.78 is 28.0. The van der Waals surface area contributed by atoms with Gasteiger partial charge in [-0.05, 0) is 41.8 Å². The van der Waals surface area contributed by atoms with Crippen molar-refractivity contribution in [3.05, 3.63) is 101 Å². The summed E-state index contributed by atoms with van der Waals surface area (Å²) in [6.45, 7) is 0.272. The fourth-order valence-corrected chi connectivity index (χ4v) is 4.15. The molecule has 1 atom stereocenters. The minimum atomic E-state index is -3.84. The molecule has 0 aliphatic heterocycles. The van der Waals surface area contributed by atoms with Gasteiger partial charge in [0.15, 0.2) is 0 Å². The molecule has 0 fully saturated rings. The van der Waals surface area contributed by atoms with Crippen LogP contribution >= 0.6 is 11.6 Å². The molecule has 0 bridgehead atoms. The van der Waals surface area contributed by atoms with Crippen molar-refractivity contribution in [2.75, 3.05) is 0 Å². The molecule has 3 aromatic carbocycles. The Kier molecular flexibility index (Phi) is 7.04. The van der Waals surface area contributed by atoms with E-state index in [1.54, 1.807) is 30.3 Å². The zero-order chi connectivity index (χ0) is 20.7. The normalized spacial score (nSPS) is 12.3. The van der Waals surface area contributed by atoms with Crippen LogP contribution in [0.3, 0.4) is 0 Å². The minimum Gasteiger partial charge on any atom is -0.351 e. The van der Waals surface area contributed by atoms with E-state index in [4.69, 9.17) is 11.6 Å². The number of hydrogen-bond acceptors (Lipinski definition) is 3. The molecule has 150 valence electrons. The van der Waals surface area contributed by atoms with Gasteiger partial charge < -0.3 is 5.32 Å². The van der Waals surface area contributed by atoms with E-state index >= 15 is 0 Å². The molecule has 0 aliphatic rings. The summed E-state index contributed by atoms with van der Waals surface area (Å²) in [6, 6.07) is 23.4. The highest BCUT2D eigenvalue weighted by Crippen LogP contribution is 2.12. The lowest BCUT2D eigenvalue weighted by Gasteiger charge is -2.19. The number of hydrogen-bond donors (Lipinski definition) is 2. The molecule has 0 spiro atoms. The lowest BCUT2D eigenvalue weighted by atomic mass is 10.1. The van der Waals surface area contributed by atoms with Crippen LogP contribution in [-0.2, 0) is 27.8 Å². The van der Waals surface area contributed by atoms with Crippen molar-refractivity contribution in [1.29, 1.82) is 0 Å². The maximum absolute atomic E-state index is 12.8. The molecule has 0 aliphatic carbocycles. The first-order valence-electron chi connectivity index (χ1n) is 9.07. The van der Waals surface area contributed by atoms with Gasteiger partial charge in [-0.3, -0.25) is 4.79 Å². The monoisotopic (exact) mass is 428 g/mol. The Morgan fingerprint density at radius 3 is 2.03 bits per heavy atom. The SMILES string of the molecule is O=C(NCc1ccc(Cl)cc1)[C@@H](Cc1ccccc1)NS(=O)(=O)c1ccccc1. The van der Waals surface area contributed by atoms with Crippen LogP contribution in [-0.4, -0.2) is 20.4 Å². The second kappa shape index (κ2) is 9.69. The summed E-state index contributed by atoms with van der Waals surface area (Å²) in [5.41, 5.74) is 1.72. The largest absolute Gasteiger partial charge is 0.351 e. The van der Waals surface area contributed by atoms with Gasteiger partial charge in [0.1, 0.15) is 6.04 Å². The van der Waals surface area contributed by atoms with Gasteiger partial charge in [0.05, 0.1) is 4.90 Å². The summed E-state index contributed by atoms with van der Waals surface area (Å²) in [4.78, 5) is 12.9. The first-order valence-corrected chi connectivity index (χ1v) is 10.9. The molecule has 0 saturated carbocycles. The van der Waals surface area contributed by atoms with E-state index in [2.05, 4.69) is 10.0 Å². The Morgan fingerprint density at radius 2 is 1.41 bits per heavy atom. The molecule has 7 heteroatoms. The smallest absolute Gasteiger partial charge is 0.241 e. The first-order chi connectivity index (χ1) is 13.9. The van der Waals surface area contributed by atoms with Crippen molar-refractivity contribution in [1.82, 2.24) is 10.0 Å². The number of nitrogens with one attached hydrogen (secondary N) is 2. The number of carbonyl (C=O) groups excluding carboxylic acids is 1. The van der Waals surface area contributed by atoms with Crippen LogP contribution < -0.4 is 10.0 Å². The average molecular weight is 429 g/mol. The Bertz CT molecular complexity index is 1040. The van der Waals surface area contributed by atoms with E-state index in [0.717, 1.165) is 11.1 Å². The third-order valence-electron chi connectivity index (χ3n) is 4.33. The van der Waals surface area contributed by atoms with Crippen LogP contribution in [0, 0.1) is 0 Å². The van der Waals surface area contributed by atoms with Crippen LogP contribution in [0.2, 0.25) is 5.02 Å². The topological polar surface area (TPSA) is 75.3 Å². The molecule has 1 amide bonds. The third kappa shape index (κ3) is 6.15. The second-order valence-electron chi connectivity index (χ2n) is 6.52. The van der Waals surface area contributed by atoms with Crippen molar-refractivity contribution < 1.29 is 13.2 Å². The van der Waals surface area contributed by atoms with Gasteiger partial charge in [0, 0.05) is 11.6 Å². The first kappa shape index (κ1) is 21.0. The van der Waals surface area contributed by atoms with Crippen molar-refractivity contribution >= 4 is 27.5 Å². The Hall–Kier alpha value is -2.67. The molecule has 0 unspecified atom stereocenters. The molecule has 0 heterocycles. The Labute approximate surface area is 175 Å². The molecular formula is C22H21ClN2O3S. The number of benzene rings is 3. The van der Waals surface area contributed by atoms with Crippen LogP contribution in [0.1, 0.15) is 11.1 Å². The van der Waals surface area contributed by atoms with Crippen LogP contribution in [0.5, 0.6) is 0 Å². The molecule has 3 aromatic rings. The predicted octanol–water partition coefficient (Wildman–Crippen LogP) is 3.55. The van der Waals surface area contributed by atoms with E-state index in [-0.39, 0.29) is 17.9 Å². The second-order valence-corrected chi connectivity index (χ2v) is 8.67. The van der Waals surface area contributed by atoms with E-state index in [0.29, 0.717) is 5.02 Å². The summed E-state index contributed by atoms with van der Waals surface area (Å²) in [5.74, 6) is -0.400. The maximum atomic E-state index is 12.8.